The van der Waals surface area contributed by atoms with E-state index in [4.69, 9.17) is 14.7 Å². The molecule has 7 heteroatoms. The van der Waals surface area contributed by atoms with Gasteiger partial charge in [0.1, 0.15) is 5.75 Å². The van der Waals surface area contributed by atoms with Crippen molar-refractivity contribution in [2.24, 2.45) is 0 Å². The zero-order valence-electron chi connectivity index (χ0n) is 14.8. The maximum atomic E-state index is 12.1. The van der Waals surface area contributed by atoms with Crippen molar-refractivity contribution in [3.05, 3.63) is 65.7 Å². The molecule has 1 fully saturated rings. The Morgan fingerprint density at radius 3 is 2.30 bits per heavy atom. The molecule has 7 nitrogen and oxygen atoms in total. The third-order valence-corrected chi connectivity index (χ3v) is 4.44. The molecule has 0 bridgehead atoms. The van der Waals surface area contributed by atoms with Crippen molar-refractivity contribution >= 4 is 11.8 Å². The SMILES string of the molecule is O=C(NO)C(c1ccccc1)c1ccc(OCC(=O)N2CCOCC2)cc1. The second-order valence-electron chi connectivity index (χ2n) is 6.17. The molecule has 0 radical (unpaired) electrons. The summed E-state index contributed by atoms with van der Waals surface area (Å²) in [6.07, 6.45) is 0. The lowest BCUT2D eigenvalue weighted by atomic mass is 9.91. The van der Waals surface area contributed by atoms with Crippen molar-refractivity contribution in [2.75, 3.05) is 32.9 Å². The first kappa shape index (κ1) is 18.9. The molecule has 0 aliphatic carbocycles. The number of ether oxygens (including phenoxy) is 2. The maximum absolute atomic E-state index is 12.1. The summed E-state index contributed by atoms with van der Waals surface area (Å²) in [5.41, 5.74) is 3.19. The van der Waals surface area contributed by atoms with Crippen molar-refractivity contribution in [3.8, 4) is 5.75 Å². The molecule has 0 aromatic heterocycles. The molecule has 2 amide bonds. The highest BCUT2D eigenvalue weighted by molar-refractivity contribution is 5.86. The highest BCUT2D eigenvalue weighted by Crippen LogP contribution is 2.26. The van der Waals surface area contributed by atoms with E-state index in [1.54, 1.807) is 34.6 Å². The minimum Gasteiger partial charge on any atom is -0.484 e. The molecule has 1 unspecified atom stereocenters. The van der Waals surface area contributed by atoms with Gasteiger partial charge in [-0.3, -0.25) is 14.8 Å². The summed E-state index contributed by atoms with van der Waals surface area (Å²) in [7, 11) is 0. The maximum Gasteiger partial charge on any atom is 0.260 e. The minimum atomic E-state index is -0.639. The van der Waals surface area contributed by atoms with E-state index in [1.165, 1.54) is 0 Å². The van der Waals surface area contributed by atoms with Gasteiger partial charge in [-0.25, -0.2) is 5.48 Å². The average Bonchev–Trinajstić information content (AvgIpc) is 2.74. The van der Waals surface area contributed by atoms with Gasteiger partial charge in [0, 0.05) is 13.1 Å². The molecule has 2 aromatic rings. The first-order valence-electron chi connectivity index (χ1n) is 8.76. The molecule has 2 aromatic carbocycles. The highest BCUT2D eigenvalue weighted by Gasteiger charge is 2.22. The smallest absolute Gasteiger partial charge is 0.260 e. The Balaban J connectivity index is 1.66. The Hall–Kier alpha value is -2.90. The van der Waals surface area contributed by atoms with Gasteiger partial charge in [-0.05, 0) is 23.3 Å². The Kier molecular flexibility index (Phi) is 6.40. The van der Waals surface area contributed by atoms with Crippen LogP contribution in [0.15, 0.2) is 54.6 Å². The summed E-state index contributed by atoms with van der Waals surface area (Å²) in [6, 6.07) is 16.1. The Morgan fingerprint density at radius 2 is 1.67 bits per heavy atom. The lowest BCUT2D eigenvalue weighted by Gasteiger charge is -2.26. The van der Waals surface area contributed by atoms with Gasteiger partial charge in [0.2, 0.25) is 0 Å². The van der Waals surface area contributed by atoms with Crippen LogP contribution in [0, 0.1) is 0 Å². The number of hydrogen-bond acceptors (Lipinski definition) is 5. The lowest BCUT2D eigenvalue weighted by Crippen LogP contribution is -2.42. The van der Waals surface area contributed by atoms with Gasteiger partial charge < -0.3 is 14.4 Å². The van der Waals surface area contributed by atoms with E-state index < -0.39 is 11.8 Å². The fraction of sp³-hybridized carbons (Fsp3) is 0.300. The van der Waals surface area contributed by atoms with Crippen LogP contribution in [0.1, 0.15) is 17.0 Å². The fourth-order valence-electron chi connectivity index (χ4n) is 3.01. The van der Waals surface area contributed by atoms with Crippen molar-refractivity contribution in [1.29, 1.82) is 0 Å². The zero-order chi connectivity index (χ0) is 19.1. The molecule has 1 saturated heterocycles. The predicted molar refractivity (Wildman–Crippen MR) is 97.6 cm³/mol. The van der Waals surface area contributed by atoms with Crippen LogP contribution in [0.5, 0.6) is 5.75 Å². The Bertz CT molecular complexity index is 758. The number of rotatable bonds is 6. The van der Waals surface area contributed by atoms with E-state index in [0.29, 0.717) is 37.6 Å². The van der Waals surface area contributed by atoms with Crippen molar-refractivity contribution < 1.29 is 24.3 Å². The largest absolute Gasteiger partial charge is 0.484 e. The van der Waals surface area contributed by atoms with Crippen LogP contribution >= 0.6 is 0 Å². The minimum absolute atomic E-state index is 0.0431. The van der Waals surface area contributed by atoms with Gasteiger partial charge in [0.15, 0.2) is 6.61 Å². The molecule has 27 heavy (non-hydrogen) atoms. The van der Waals surface area contributed by atoms with Gasteiger partial charge in [0.05, 0.1) is 19.1 Å². The van der Waals surface area contributed by atoms with Crippen LogP contribution < -0.4 is 10.2 Å². The van der Waals surface area contributed by atoms with Gasteiger partial charge in [0.25, 0.3) is 11.8 Å². The number of amides is 2. The molecular weight excluding hydrogens is 348 g/mol. The average molecular weight is 370 g/mol. The molecule has 2 N–H and O–H groups in total. The molecule has 142 valence electrons. The van der Waals surface area contributed by atoms with Gasteiger partial charge in [-0.1, -0.05) is 42.5 Å². The molecule has 1 aliphatic heterocycles. The number of nitrogens with zero attached hydrogens (tertiary/aromatic N) is 1. The third kappa shape index (κ3) is 4.84. The van der Waals surface area contributed by atoms with Crippen molar-refractivity contribution in [1.82, 2.24) is 10.4 Å². The number of nitrogens with one attached hydrogen (secondary N) is 1. The lowest BCUT2D eigenvalue weighted by molar-refractivity contribution is -0.137. The van der Waals surface area contributed by atoms with Crippen LogP contribution in [0.4, 0.5) is 0 Å². The summed E-state index contributed by atoms with van der Waals surface area (Å²) in [4.78, 5) is 26.0. The van der Waals surface area contributed by atoms with E-state index in [-0.39, 0.29) is 12.5 Å². The monoisotopic (exact) mass is 370 g/mol. The second-order valence-corrected chi connectivity index (χ2v) is 6.17. The number of hydroxylamine groups is 1. The molecule has 0 saturated carbocycles. The van der Waals surface area contributed by atoms with Crippen LogP contribution in [0.25, 0.3) is 0 Å². The summed E-state index contributed by atoms with van der Waals surface area (Å²) in [5, 5.41) is 9.08. The molecule has 3 rings (SSSR count). The summed E-state index contributed by atoms with van der Waals surface area (Å²) in [5.74, 6) is -0.696. The van der Waals surface area contributed by atoms with E-state index in [2.05, 4.69) is 0 Å². The predicted octanol–water partition coefficient (Wildman–Crippen LogP) is 1.56. The van der Waals surface area contributed by atoms with Crippen LogP contribution in [0.3, 0.4) is 0 Å². The summed E-state index contributed by atoms with van der Waals surface area (Å²) < 4.78 is 10.8. The van der Waals surface area contributed by atoms with E-state index in [9.17, 15) is 9.59 Å². The first-order chi connectivity index (χ1) is 13.2. The molecule has 1 atom stereocenters. The van der Waals surface area contributed by atoms with Crippen molar-refractivity contribution in [3.63, 3.8) is 0 Å². The van der Waals surface area contributed by atoms with Gasteiger partial charge >= 0.3 is 0 Å². The number of carbonyl (C=O) groups is 2. The molecular formula is C20H22N2O5. The quantitative estimate of drug-likeness (QED) is 0.595. The van der Waals surface area contributed by atoms with Gasteiger partial charge in [-0.15, -0.1) is 0 Å². The second kappa shape index (κ2) is 9.16. The van der Waals surface area contributed by atoms with Crippen LogP contribution in [-0.4, -0.2) is 54.8 Å². The standard InChI is InChI=1S/C20H22N2O5/c23-18(22-10-12-26-13-11-22)14-27-17-8-6-16(7-9-17)19(20(24)21-25)15-4-2-1-3-5-15/h1-9,19,25H,10-14H2,(H,21,24). The first-order valence-corrected chi connectivity index (χ1v) is 8.76. The Morgan fingerprint density at radius 1 is 1.04 bits per heavy atom. The number of carbonyl (C=O) groups excluding carboxylic acids is 2. The summed E-state index contributed by atoms with van der Waals surface area (Å²) >= 11 is 0. The Labute approximate surface area is 157 Å². The topological polar surface area (TPSA) is 88.1 Å². The van der Waals surface area contributed by atoms with E-state index in [1.807, 2.05) is 30.3 Å². The number of benzene rings is 2. The zero-order valence-corrected chi connectivity index (χ0v) is 14.8. The van der Waals surface area contributed by atoms with Gasteiger partial charge in [-0.2, -0.15) is 0 Å². The van der Waals surface area contributed by atoms with Crippen LogP contribution in [-0.2, 0) is 14.3 Å². The summed E-state index contributed by atoms with van der Waals surface area (Å²) in [6.45, 7) is 2.22. The van der Waals surface area contributed by atoms with E-state index >= 15 is 0 Å². The molecule has 0 spiro atoms. The molecule has 1 heterocycles. The number of morpholine rings is 1. The number of hydrogen-bond donors (Lipinski definition) is 2. The highest BCUT2D eigenvalue weighted by atomic mass is 16.5. The third-order valence-electron chi connectivity index (χ3n) is 4.44. The van der Waals surface area contributed by atoms with E-state index in [0.717, 1.165) is 5.56 Å². The van der Waals surface area contributed by atoms with Crippen molar-refractivity contribution in [2.45, 2.75) is 5.92 Å². The van der Waals surface area contributed by atoms with Crippen LogP contribution in [0.2, 0.25) is 0 Å². The normalized spacial score (nSPS) is 15.1. The molecule has 1 aliphatic rings. The fourth-order valence-corrected chi connectivity index (χ4v) is 3.01.